The highest BCUT2D eigenvalue weighted by Crippen LogP contribution is 2.02. The molecule has 0 aliphatic rings. The van der Waals surface area contributed by atoms with Crippen molar-refractivity contribution in [3.8, 4) is 0 Å². The number of rotatable bonds is 3. The minimum Gasteiger partial charge on any atom is -0.472 e. The van der Waals surface area contributed by atoms with E-state index in [1.54, 1.807) is 12.5 Å². The van der Waals surface area contributed by atoms with Crippen molar-refractivity contribution in [1.82, 2.24) is 0 Å². The van der Waals surface area contributed by atoms with Crippen LogP contribution in [-0.4, -0.2) is 0 Å². The molecule has 0 amide bonds. The molecule has 0 N–H and O–H groups in total. The second kappa shape index (κ2) is 3.13. The average molecular weight is 122 g/mol. The standard InChI is InChI=1S/C8H10O/c1-2-3-4-8-5-6-9-7-8/h2,5-7H,1,3-4H2. The van der Waals surface area contributed by atoms with E-state index in [1.807, 2.05) is 12.1 Å². The molecule has 0 radical (unpaired) electrons. The van der Waals surface area contributed by atoms with Gasteiger partial charge in [-0.2, -0.15) is 0 Å². The molecule has 1 aromatic rings. The molecule has 0 aliphatic heterocycles. The first-order valence-corrected chi connectivity index (χ1v) is 3.05. The van der Waals surface area contributed by atoms with Crippen molar-refractivity contribution < 1.29 is 4.42 Å². The van der Waals surface area contributed by atoms with E-state index in [2.05, 4.69) is 6.58 Å². The molecule has 0 saturated heterocycles. The first kappa shape index (κ1) is 6.14. The van der Waals surface area contributed by atoms with E-state index in [0.29, 0.717) is 0 Å². The Hall–Kier alpha value is -0.980. The molecule has 0 saturated carbocycles. The Labute approximate surface area is 55.0 Å². The zero-order valence-corrected chi connectivity index (χ0v) is 5.34. The van der Waals surface area contributed by atoms with Crippen molar-refractivity contribution in [3.63, 3.8) is 0 Å². The highest BCUT2D eigenvalue weighted by molar-refractivity contribution is 5.05. The number of furan rings is 1. The molecular formula is C8H10O. The number of allylic oxidation sites excluding steroid dienone is 1. The van der Waals surface area contributed by atoms with Gasteiger partial charge in [-0.05, 0) is 24.5 Å². The SMILES string of the molecule is C=CCCc1ccoc1. The normalized spacial score (nSPS) is 9.33. The lowest BCUT2D eigenvalue weighted by Crippen LogP contribution is -1.75. The summed E-state index contributed by atoms with van der Waals surface area (Å²) in [5.74, 6) is 0. The first-order chi connectivity index (χ1) is 4.43. The van der Waals surface area contributed by atoms with Crippen LogP contribution in [0.5, 0.6) is 0 Å². The molecule has 0 spiro atoms. The Morgan fingerprint density at radius 2 is 2.56 bits per heavy atom. The first-order valence-electron chi connectivity index (χ1n) is 3.05. The lowest BCUT2D eigenvalue weighted by molar-refractivity contribution is 0.564. The van der Waals surface area contributed by atoms with Crippen molar-refractivity contribution in [3.05, 3.63) is 36.8 Å². The third kappa shape index (κ3) is 1.76. The van der Waals surface area contributed by atoms with E-state index >= 15 is 0 Å². The van der Waals surface area contributed by atoms with Crippen LogP contribution in [0.1, 0.15) is 12.0 Å². The molecule has 0 unspecified atom stereocenters. The summed E-state index contributed by atoms with van der Waals surface area (Å²) < 4.78 is 4.88. The fraction of sp³-hybridized carbons (Fsp3) is 0.250. The van der Waals surface area contributed by atoms with Gasteiger partial charge in [0.2, 0.25) is 0 Å². The summed E-state index contributed by atoms with van der Waals surface area (Å²) in [4.78, 5) is 0. The molecule has 0 aliphatic carbocycles. The van der Waals surface area contributed by atoms with E-state index < -0.39 is 0 Å². The molecule has 1 heteroatoms. The highest BCUT2D eigenvalue weighted by Gasteiger charge is 1.89. The monoisotopic (exact) mass is 122 g/mol. The predicted octanol–water partition coefficient (Wildman–Crippen LogP) is 2.40. The van der Waals surface area contributed by atoms with Gasteiger partial charge in [0.1, 0.15) is 0 Å². The third-order valence-corrected chi connectivity index (χ3v) is 1.22. The molecular weight excluding hydrogens is 112 g/mol. The van der Waals surface area contributed by atoms with Gasteiger partial charge in [0.15, 0.2) is 0 Å². The van der Waals surface area contributed by atoms with Gasteiger partial charge in [-0.1, -0.05) is 6.08 Å². The van der Waals surface area contributed by atoms with Crippen LogP contribution in [-0.2, 0) is 6.42 Å². The summed E-state index contributed by atoms with van der Waals surface area (Å²) in [6.45, 7) is 3.63. The Morgan fingerprint density at radius 1 is 1.67 bits per heavy atom. The van der Waals surface area contributed by atoms with Crippen molar-refractivity contribution in [2.75, 3.05) is 0 Å². The Balaban J connectivity index is 2.38. The van der Waals surface area contributed by atoms with E-state index in [1.165, 1.54) is 5.56 Å². The van der Waals surface area contributed by atoms with Gasteiger partial charge in [-0.15, -0.1) is 6.58 Å². The van der Waals surface area contributed by atoms with Crippen molar-refractivity contribution in [2.45, 2.75) is 12.8 Å². The Bertz CT molecular complexity index is 163. The molecule has 48 valence electrons. The summed E-state index contributed by atoms with van der Waals surface area (Å²) in [6, 6.07) is 1.98. The number of aryl methyl sites for hydroxylation is 1. The fourth-order valence-corrected chi connectivity index (χ4v) is 0.704. The summed E-state index contributed by atoms with van der Waals surface area (Å²) in [5, 5.41) is 0. The number of hydrogen-bond acceptors (Lipinski definition) is 1. The second-order valence-corrected chi connectivity index (χ2v) is 1.96. The quantitative estimate of drug-likeness (QED) is 0.561. The van der Waals surface area contributed by atoms with Crippen molar-refractivity contribution >= 4 is 0 Å². The van der Waals surface area contributed by atoms with E-state index in [0.717, 1.165) is 12.8 Å². The van der Waals surface area contributed by atoms with E-state index in [-0.39, 0.29) is 0 Å². The summed E-state index contributed by atoms with van der Waals surface area (Å²) in [7, 11) is 0. The Kier molecular flexibility index (Phi) is 2.13. The maximum Gasteiger partial charge on any atom is 0.0934 e. The van der Waals surface area contributed by atoms with Crippen LogP contribution < -0.4 is 0 Å². The van der Waals surface area contributed by atoms with E-state index in [9.17, 15) is 0 Å². The topological polar surface area (TPSA) is 13.1 Å². The van der Waals surface area contributed by atoms with E-state index in [4.69, 9.17) is 4.42 Å². The molecule has 0 bridgehead atoms. The zero-order valence-electron chi connectivity index (χ0n) is 5.34. The largest absolute Gasteiger partial charge is 0.472 e. The maximum absolute atomic E-state index is 4.88. The molecule has 9 heavy (non-hydrogen) atoms. The second-order valence-electron chi connectivity index (χ2n) is 1.96. The molecule has 0 aromatic carbocycles. The summed E-state index contributed by atoms with van der Waals surface area (Å²) in [5.41, 5.74) is 1.25. The minimum absolute atomic E-state index is 1.03. The van der Waals surface area contributed by atoms with Crippen LogP contribution in [0.2, 0.25) is 0 Å². The van der Waals surface area contributed by atoms with Crippen LogP contribution in [0.25, 0.3) is 0 Å². The predicted molar refractivity (Wildman–Crippen MR) is 37.2 cm³/mol. The maximum atomic E-state index is 4.88. The molecule has 0 atom stereocenters. The van der Waals surface area contributed by atoms with Gasteiger partial charge in [0.25, 0.3) is 0 Å². The zero-order chi connectivity index (χ0) is 6.53. The molecule has 1 aromatic heterocycles. The van der Waals surface area contributed by atoms with Crippen LogP contribution in [0.15, 0.2) is 35.7 Å². The van der Waals surface area contributed by atoms with Crippen molar-refractivity contribution in [1.29, 1.82) is 0 Å². The smallest absolute Gasteiger partial charge is 0.0934 e. The van der Waals surface area contributed by atoms with Crippen LogP contribution in [0, 0.1) is 0 Å². The summed E-state index contributed by atoms with van der Waals surface area (Å²) in [6.07, 6.45) is 7.44. The van der Waals surface area contributed by atoms with Crippen molar-refractivity contribution in [2.24, 2.45) is 0 Å². The average Bonchev–Trinajstić information content (AvgIpc) is 2.34. The summed E-state index contributed by atoms with van der Waals surface area (Å²) >= 11 is 0. The van der Waals surface area contributed by atoms with Crippen LogP contribution in [0.4, 0.5) is 0 Å². The minimum atomic E-state index is 1.03. The number of hydrogen-bond donors (Lipinski definition) is 0. The van der Waals surface area contributed by atoms with Crippen LogP contribution in [0.3, 0.4) is 0 Å². The fourth-order valence-electron chi connectivity index (χ4n) is 0.704. The lowest BCUT2D eigenvalue weighted by Gasteiger charge is -1.86. The Morgan fingerprint density at radius 3 is 3.11 bits per heavy atom. The molecule has 1 heterocycles. The van der Waals surface area contributed by atoms with Gasteiger partial charge >= 0.3 is 0 Å². The third-order valence-electron chi connectivity index (χ3n) is 1.22. The highest BCUT2D eigenvalue weighted by atomic mass is 16.3. The van der Waals surface area contributed by atoms with Crippen LogP contribution >= 0.6 is 0 Å². The molecule has 1 nitrogen and oxygen atoms in total. The van der Waals surface area contributed by atoms with Gasteiger partial charge in [-0.3, -0.25) is 0 Å². The molecule has 0 fully saturated rings. The molecule has 1 rings (SSSR count). The van der Waals surface area contributed by atoms with Gasteiger partial charge < -0.3 is 4.42 Å². The lowest BCUT2D eigenvalue weighted by atomic mass is 10.2. The van der Waals surface area contributed by atoms with Gasteiger partial charge in [0.05, 0.1) is 12.5 Å². The van der Waals surface area contributed by atoms with Gasteiger partial charge in [0, 0.05) is 0 Å². The van der Waals surface area contributed by atoms with Gasteiger partial charge in [-0.25, -0.2) is 0 Å².